The Morgan fingerprint density at radius 3 is 2.55 bits per heavy atom. The monoisotopic (exact) mass is 396 g/mol. The lowest BCUT2D eigenvalue weighted by Gasteiger charge is -2.24. The van der Waals surface area contributed by atoms with E-state index in [0.717, 1.165) is 11.1 Å². The number of amides is 1. The van der Waals surface area contributed by atoms with Gasteiger partial charge in [-0.05, 0) is 49.2 Å². The van der Waals surface area contributed by atoms with E-state index in [4.69, 9.17) is 9.47 Å². The molecule has 2 aromatic rings. The fraction of sp³-hybridized carbons (Fsp3) is 0.318. The van der Waals surface area contributed by atoms with Crippen LogP contribution in [0.3, 0.4) is 0 Å². The first kappa shape index (κ1) is 20.5. The van der Waals surface area contributed by atoms with E-state index in [1.165, 1.54) is 12.0 Å². The van der Waals surface area contributed by atoms with Gasteiger partial charge in [0.15, 0.2) is 0 Å². The molecule has 0 saturated carbocycles. The zero-order valence-corrected chi connectivity index (χ0v) is 16.9. The Hall–Kier alpha value is -3.19. The molecule has 0 radical (unpaired) electrons. The van der Waals surface area contributed by atoms with E-state index < -0.39 is 17.7 Å². The van der Waals surface area contributed by atoms with Gasteiger partial charge in [0.05, 0.1) is 25.0 Å². The van der Waals surface area contributed by atoms with Crippen LogP contribution in [0.2, 0.25) is 0 Å². The summed E-state index contributed by atoms with van der Waals surface area (Å²) < 4.78 is 10.4. The molecule has 29 heavy (non-hydrogen) atoms. The summed E-state index contributed by atoms with van der Waals surface area (Å²) in [5, 5.41) is 11.1. The molecule has 1 fully saturated rings. The molecule has 7 nitrogen and oxygen atoms in total. The minimum atomic E-state index is -0.784. The summed E-state index contributed by atoms with van der Waals surface area (Å²) in [7, 11) is 3.10. The molecule has 0 spiro atoms. The number of carbonyl (C=O) groups excluding carboxylic acids is 2. The van der Waals surface area contributed by atoms with Crippen LogP contribution in [0.1, 0.15) is 28.4 Å². The molecule has 1 N–H and O–H groups in total. The van der Waals surface area contributed by atoms with Crippen molar-refractivity contribution in [1.29, 1.82) is 0 Å². The number of likely N-dealkylation sites (tertiary alicyclic amines) is 1. The van der Waals surface area contributed by atoms with Crippen molar-refractivity contribution in [3.05, 3.63) is 64.5 Å². The Kier molecular flexibility index (Phi) is 5.98. The van der Waals surface area contributed by atoms with Crippen molar-refractivity contribution < 1.29 is 24.2 Å². The zero-order valence-electron chi connectivity index (χ0n) is 16.9. The summed E-state index contributed by atoms with van der Waals surface area (Å²) in [6.07, 6.45) is 1.59. The van der Waals surface area contributed by atoms with Crippen molar-refractivity contribution in [1.82, 2.24) is 9.88 Å². The van der Waals surface area contributed by atoms with E-state index in [2.05, 4.69) is 4.98 Å². The van der Waals surface area contributed by atoms with E-state index in [0.29, 0.717) is 17.0 Å². The zero-order chi connectivity index (χ0) is 21.1. The van der Waals surface area contributed by atoms with Crippen LogP contribution in [-0.4, -0.2) is 54.1 Å². The Morgan fingerprint density at radius 2 is 1.93 bits per heavy atom. The number of Topliss-reactive ketones (excluding diaryl/α,β-unsaturated/α-hetero) is 1. The topological polar surface area (TPSA) is 89.0 Å². The number of aryl methyl sites for hydroxylation is 2. The molecule has 7 heteroatoms. The molecule has 1 amide bonds. The van der Waals surface area contributed by atoms with Crippen LogP contribution in [0.15, 0.2) is 42.1 Å². The van der Waals surface area contributed by atoms with Gasteiger partial charge in [0, 0.05) is 25.4 Å². The Bertz CT molecular complexity index is 969. The maximum Gasteiger partial charge on any atom is 0.295 e. The third-order valence-corrected chi connectivity index (χ3v) is 5.04. The van der Waals surface area contributed by atoms with Crippen LogP contribution in [0.25, 0.3) is 5.76 Å². The number of carbonyl (C=O) groups is 2. The van der Waals surface area contributed by atoms with Crippen molar-refractivity contribution >= 4 is 17.4 Å². The first-order valence-corrected chi connectivity index (χ1v) is 9.24. The smallest absolute Gasteiger partial charge is 0.295 e. The lowest BCUT2D eigenvalue weighted by molar-refractivity contribution is -0.140. The molecule has 2 heterocycles. The first-order valence-electron chi connectivity index (χ1n) is 9.24. The average Bonchev–Trinajstić information content (AvgIpc) is 2.98. The standard InChI is InChI=1S/C22H24N2O5/c1-13-12-17(29-4)14(2)11-15(13)20(25)18-19(16-7-5-6-8-23-16)24(9-10-28-3)22(27)21(18)26/h5-8,11-12,19,25H,9-10H2,1-4H3/b20-18+. The number of pyridine rings is 1. The van der Waals surface area contributed by atoms with Gasteiger partial charge < -0.3 is 19.5 Å². The molecule has 1 saturated heterocycles. The SMILES string of the molecule is COCCN1C(=O)C(=O)/C(=C(/O)c2cc(C)c(OC)cc2C)C1c1ccccn1. The molecule has 1 aromatic heterocycles. The molecule has 1 aliphatic rings. The lowest BCUT2D eigenvalue weighted by atomic mass is 9.95. The van der Waals surface area contributed by atoms with Crippen molar-refractivity contribution in [3.63, 3.8) is 0 Å². The van der Waals surface area contributed by atoms with Gasteiger partial charge in [0.1, 0.15) is 17.6 Å². The number of nitrogens with zero attached hydrogens (tertiary/aromatic N) is 2. The minimum absolute atomic E-state index is 0.0254. The fourth-order valence-electron chi connectivity index (χ4n) is 3.56. The minimum Gasteiger partial charge on any atom is -0.507 e. The number of hydrogen-bond donors (Lipinski definition) is 1. The summed E-state index contributed by atoms with van der Waals surface area (Å²) in [6.45, 7) is 4.13. The van der Waals surface area contributed by atoms with Gasteiger partial charge in [0.25, 0.3) is 11.7 Å². The number of benzene rings is 1. The van der Waals surface area contributed by atoms with Crippen LogP contribution in [0.5, 0.6) is 5.75 Å². The predicted octanol–water partition coefficient (Wildman–Crippen LogP) is 2.78. The van der Waals surface area contributed by atoms with Crippen LogP contribution >= 0.6 is 0 Å². The highest BCUT2D eigenvalue weighted by molar-refractivity contribution is 6.46. The fourth-order valence-corrected chi connectivity index (χ4v) is 3.56. The summed E-state index contributed by atoms with van der Waals surface area (Å²) in [5.74, 6) is -0.952. The predicted molar refractivity (Wildman–Crippen MR) is 108 cm³/mol. The molecule has 3 rings (SSSR count). The van der Waals surface area contributed by atoms with E-state index in [-0.39, 0.29) is 24.5 Å². The van der Waals surface area contributed by atoms with Gasteiger partial charge in [-0.15, -0.1) is 0 Å². The van der Waals surface area contributed by atoms with Crippen LogP contribution in [0, 0.1) is 13.8 Å². The van der Waals surface area contributed by atoms with Gasteiger partial charge in [-0.2, -0.15) is 0 Å². The average molecular weight is 396 g/mol. The molecular weight excluding hydrogens is 372 g/mol. The van der Waals surface area contributed by atoms with Crippen molar-refractivity contribution in [2.75, 3.05) is 27.4 Å². The highest BCUT2D eigenvalue weighted by Crippen LogP contribution is 2.39. The van der Waals surface area contributed by atoms with Gasteiger partial charge in [-0.25, -0.2) is 0 Å². The summed E-state index contributed by atoms with van der Waals surface area (Å²) >= 11 is 0. The van der Waals surface area contributed by atoms with Crippen LogP contribution in [0.4, 0.5) is 0 Å². The number of aromatic nitrogens is 1. The first-order chi connectivity index (χ1) is 13.9. The number of ether oxygens (including phenoxy) is 2. The summed E-state index contributed by atoms with van der Waals surface area (Å²) in [6, 6.07) is 8.02. The number of methoxy groups -OCH3 is 2. The summed E-state index contributed by atoms with van der Waals surface area (Å²) in [4.78, 5) is 31.3. The Labute approximate surface area is 169 Å². The van der Waals surface area contributed by atoms with E-state index >= 15 is 0 Å². The molecule has 0 bridgehead atoms. The van der Waals surface area contributed by atoms with E-state index in [1.54, 1.807) is 43.6 Å². The number of rotatable bonds is 6. The van der Waals surface area contributed by atoms with Gasteiger partial charge in [-0.1, -0.05) is 6.07 Å². The Balaban J connectivity index is 2.20. The third-order valence-electron chi connectivity index (χ3n) is 5.04. The number of hydrogen-bond acceptors (Lipinski definition) is 6. The van der Waals surface area contributed by atoms with Crippen molar-refractivity contribution in [3.8, 4) is 5.75 Å². The van der Waals surface area contributed by atoms with Crippen molar-refractivity contribution in [2.45, 2.75) is 19.9 Å². The molecule has 152 valence electrons. The number of aliphatic hydroxyl groups is 1. The largest absolute Gasteiger partial charge is 0.507 e. The molecule has 1 aromatic carbocycles. The second-order valence-electron chi connectivity index (χ2n) is 6.88. The maximum atomic E-state index is 12.9. The molecule has 0 aliphatic carbocycles. The van der Waals surface area contributed by atoms with Crippen LogP contribution in [-0.2, 0) is 14.3 Å². The van der Waals surface area contributed by atoms with Crippen LogP contribution < -0.4 is 4.74 Å². The second-order valence-corrected chi connectivity index (χ2v) is 6.88. The third kappa shape index (κ3) is 3.73. The van der Waals surface area contributed by atoms with Gasteiger partial charge in [-0.3, -0.25) is 14.6 Å². The molecule has 1 aliphatic heterocycles. The summed E-state index contributed by atoms with van der Waals surface area (Å²) in [5.41, 5.74) is 2.55. The lowest BCUT2D eigenvalue weighted by Crippen LogP contribution is -2.33. The molecule has 1 atom stereocenters. The Morgan fingerprint density at radius 1 is 1.17 bits per heavy atom. The number of ketones is 1. The second kappa shape index (κ2) is 8.45. The maximum absolute atomic E-state index is 12.9. The van der Waals surface area contributed by atoms with Crippen molar-refractivity contribution in [2.24, 2.45) is 0 Å². The number of aliphatic hydroxyl groups excluding tert-OH is 1. The molecular formula is C22H24N2O5. The normalized spacial score (nSPS) is 18.3. The quantitative estimate of drug-likeness (QED) is 0.459. The highest BCUT2D eigenvalue weighted by Gasteiger charge is 2.46. The van der Waals surface area contributed by atoms with Gasteiger partial charge >= 0.3 is 0 Å². The highest BCUT2D eigenvalue weighted by atomic mass is 16.5. The van der Waals surface area contributed by atoms with E-state index in [1.807, 2.05) is 13.8 Å². The van der Waals surface area contributed by atoms with E-state index in [9.17, 15) is 14.7 Å². The van der Waals surface area contributed by atoms with Gasteiger partial charge in [0.2, 0.25) is 0 Å². The molecule has 1 unspecified atom stereocenters.